The van der Waals surface area contributed by atoms with Crippen LogP contribution in [0.4, 0.5) is 4.79 Å². The van der Waals surface area contributed by atoms with Crippen molar-refractivity contribution in [3.63, 3.8) is 0 Å². The Morgan fingerprint density at radius 3 is 2.10 bits per heavy atom. The van der Waals surface area contributed by atoms with Gasteiger partial charge in [0.25, 0.3) is 0 Å². The minimum atomic E-state index is -1.13. The minimum absolute atomic E-state index is 0.0144. The van der Waals surface area contributed by atoms with E-state index in [1.165, 1.54) is 38.5 Å². The van der Waals surface area contributed by atoms with Crippen molar-refractivity contribution in [1.82, 2.24) is 10.6 Å². The number of carboxylic acids is 1. The van der Waals surface area contributed by atoms with Crippen LogP contribution in [-0.4, -0.2) is 41.4 Å². The zero-order valence-corrected chi connectivity index (χ0v) is 13.1. The molecular formula is C15H30N2O4. The first-order chi connectivity index (χ1) is 10.1. The number of unbranched alkanes of at least 4 members (excludes halogenated alkanes) is 7. The van der Waals surface area contributed by atoms with Gasteiger partial charge >= 0.3 is 12.0 Å². The second kappa shape index (κ2) is 13.7. The fourth-order valence-electron chi connectivity index (χ4n) is 2.06. The molecule has 4 N–H and O–H groups in total. The fraction of sp³-hybridized carbons (Fsp3) is 0.867. The number of rotatable bonds is 13. The first-order valence-corrected chi connectivity index (χ1v) is 7.99. The maximum absolute atomic E-state index is 11.5. The highest BCUT2D eigenvalue weighted by Crippen LogP contribution is 2.07. The predicted molar refractivity (Wildman–Crippen MR) is 82.3 cm³/mol. The summed E-state index contributed by atoms with van der Waals surface area (Å²) in [6, 6.07) is -1.52. The minimum Gasteiger partial charge on any atom is -0.480 e. The smallest absolute Gasteiger partial charge is 0.326 e. The maximum atomic E-state index is 11.5. The zero-order valence-electron chi connectivity index (χ0n) is 13.1. The Morgan fingerprint density at radius 1 is 1.00 bits per heavy atom. The summed E-state index contributed by atoms with van der Waals surface area (Å²) in [5.74, 6) is -1.13. The summed E-state index contributed by atoms with van der Waals surface area (Å²) in [7, 11) is 0. The highest BCUT2D eigenvalue weighted by atomic mass is 16.4. The molecule has 0 aromatic carbocycles. The molecule has 0 saturated heterocycles. The predicted octanol–water partition coefficient (Wildman–Crippen LogP) is 2.26. The summed E-state index contributed by atoms with van der Waals surface area (Å²) in [5, 5.41) is 22.5. The van der Waals surface area contributed by atoms with E-state index in [0.29, 0.717) is 6.54 Å². The molecular weight excluding hydrogens is 272 g/mol. The Kier molecular flexibility index (Phi) is 12.8. The van der Waals surface area contributed by atoms with E-state index in [0.717, 1.165) is 12.8 Å². The molecule has 0 fully saturated rings. The Hall–Kier alpha value is -1.30. The van der Waals surface area contributed by atoms with Crippen LogP contribution in [0.15, 0.2) is 0 Å². The summed E-state index contributed by atoms with van der Waals surface area (Å²) in [5.41, 5.74) is 0. The van der Waals surface area contributed by atoms with E-state index in [1.54, 1.807) is 0 Å². The lowest BCUT2D eigenvalue weighted by molar-refractivity contribution is -0.139. The summed E-state index contributed by atoms with van der Waals surface area (Å²) in [4.78, 5) is 22.3. The molecule has 0 aliphatic heterocycles. The molecule has 0 aliphatic carbocycles. The van der Waals surface area contributed by atoms with Crippen LogP contribution >= 0.6 is 0 Å². The molecule has 0 bridgehead atoms. The van der Waals surface area contributed by atoms with Crippen LogP contribution in [-0.2, 0) is 4.79 Å². The number of amides is 2. The van der Waals surface area contributed by atoms with Gasteiger partial charge in [0.15, 0.2) is 0 Å². The summed E-state index contributed by atoms with van der Waals surface area (Å²) in [6.07, 6.45) is 9.55. The number of hydrogen-bond acceptors (Lipinski definition) is 3. The topological polar surface area (TPSA) is 98.7 Å². The largest absolute Gasteiger partial charge is 0.480 e. The lowest BCUT2D eigenvalue weighted by Gasteiger charge is -2.13. The number of carbonyl (C=O) groups is 2. The number of hydrogen-bond donors (Lipinski definition) is 4. The number of nitrogens with one attached hydrogen (secondary N) is 2. The van der Waals surface area contributed by atoms with Crippen molar-refractivity contribution in [3.8, 4) is 0 Å². The van der Waals surface area contributed by atoms with E-state index in [1.807, 2.05) is 0 Å². The zero-order chi connectivity index (χ0) is 15.9. The molecule has 6 nitrogen and oxygen atoms in total. The van der Waals surface area contributed by atoms with Crippen LogP contribution in [0.2, 0.25) is 0 Å². The van der Waals surface area contributed by atoms with Gasteiger partial charge in [0.1, 0.15) is 6.04 Å². The van der Waals surface area contributed by atoms with Gasteiger partial charge in [-0.15, -0.1) is 0 Å². The van der Waals surface area contributed by atoms with Gasteiger partial charge in [-0.1, -0.05) is 51.9 Å². The van der Waals surface area contributed by atoms with Crippen LogP contribution < -0.4 is 10.6 Å². The fourth-order valence-corrected chi connectivity index (χ4v) is 2.06. The van der Waals surface area contributed by atoms with Crippen molar-refractivity contribution in [2.24, 2.45) is 0 Å². The Morgan fingerprint density at radius 2 is 1.57 bits per heavy atom. The molecule has 21 heavy (non-hydrogen) atoms. The Bertz CT molecular complexity index is 285. The quantitative estimate of drug-likeness (QED) is 0.392. The molecule has 0 saturated carbocycles. The van der Waals surface area contributed by atoms with Gasteiger partial charge in [0, 0.05) is 19.6 Å². The average molecular weight is 302 g/mol. The molecule has 0 unspecified atom stereocenters. The standard InChI is InChI=1S/C15H30N2O4/c1-2-3-4-5-6-7-8-9-11-16-15(21)17-13(10-12-18)14(19)20/h13,18H,2-12H2,1H3,(H,19,20)(H2,16,17,21)/t13-/m0/s1. The van der Waals surface area contributed by atoms with Crippen LogP contribution in [0.5, 0.6) is 0 Å². The molecule has 2 amide bonds. The van der Waals surface area contributed by atoms with Crippen LogP contribution in [0.3, 0.4) is 0 Å². The van der Waals surface area contributed by atoms with Gasteiger partial charge in [-0.05, 0) is 6.42 Å². The highest BCUT2D eigenvalue weighted by Gasteiger charge is 2.18. The summed E-state index contributed by atoms with van der Waals surface area (Å²) < 4.78 is 0. The van der Waals surface area contributed by atoms with Gasteiger partial charge in [-0.3, -0.25) is 0 Å². The second-order valence-corrected chi connectivity index (χ2v) is 5.28. The highest BCUT2D eigenvalue weighted by molar-refractivity contribution is 5.82. The van der Waals surface area contributed by atoms with Gasteiger partial charge < -0.3 is 20.8 Å². The third kappa shape index (κ3) is 12.2. The van der Waals surface area contributed by atoms with Gasteiger partial charge in [-0.2, -0.15) is 0 Å². The third-order valence-electron chi connectivity index (χ3n) is 3.34. The van der Waals surface area contributed by atoms with E-state index >= 15 is 0 Å². The van der Waals surface area contributed by atoms with Crippen molar-refractivity contribution in [1.29, 1.82) is 0 Å². The molecule has 1 atom stereocenters. The summed E-state index contributed by atoms with van der Waals surface area (Å²) in [6.45, 7) is 2.48. The first kappa shape index (κ1) is 19.7. The van der Waals surface area contributed by atoms with Crippen LogP contribution in [0.1, 0.15) is 64.7 Å². The van der Waals surface area contributed by atoms with Gasteiger partial charge in [0.2, 0.25) is 0 Å². The lowest BCUT2D eigenvalue weighted by atomic mass is 10.1. The lowest BCUT2D eigenvalue weighted by Crippen LogP contribution is -2.46. The Balaban J connectivity index is 3.50. The molecule has 0 spiro atoms. The number of aliphatic hydroxyl groups excluding tert-OH is 1. The average Bonchev–Trinajstić information content (AvgIpc) is 2.45. The molecule has 0 aromatic heterocycles. The number of carbonyl (C=O) groups excluding carboxylic acids is 1. The van der Waals surface area contributed by atoms with Crippen LogP contribution in [0.25, 0.3) is 0 Å². The normalized spacial score (nSPS) is 11.9. The molecule has 0 radical (unpaired) electrons. The molecule has 0 rings (SSSR count). The summed E-state index contributed by atoms with van der Waals surface area (Å²) >= 11 is 0. The van der Waals surface area contributed by atoms with Crippen LogP contribution in [0, 0.1) is 0 Å². The van der Waals surface area contributed by atoms with E-state index < -0.39 is 18.0 Å². The number of aliphatic hydroxyl groups is 1. The second-order valence-electron chi connectivity index (χ2n) is 5.28. The van der Waals surface area contributed by atoms with Gasteiger partial charge in [-0.25, -0.2) is 9.59 Å². The molecule has 0 aliphatic rings. The number of carboxylic acid groups (broad SMARTS) is 1. The Labute approximate surface area is 127 Å². The van der Waals surface area contributed by atoms with Crippen molar-refractivity contribution in [2.75, 3.05) is 13.2 Å². The van der Waals surface area contributed by atoms with Crippen molar-refractivity contribution in [2.45, 2.75) is 70.8 Å². The van der Waals surface area contributed by atoms with E-state index in [4.69, 9.17) is 10.2 Å². The number of urea groups is 1. The van der Waals surface area contributed by atoms with Crippen molar-refractivity contribution in [3.05, 3.63) is 0 Å². The monoisotopic (exact) mass is 302 g/mol. The molecule has 124 valence electrons. The third-order valence-corrected chi connectivity index (χ3v) is 3.34. The van der Waals surface area contributed by atoms with Crippen molar-refractivity contribution < 1.29 is 19.8 Å². The van der Waals surface area contributed by atoms with Crippen molar-refractivity contribution >= 4 is 12.0 Å². The molecule has 0 heterocycles. The SMILES string of the molecule is CCCCCCCCCCNC(=O)N[C@@H](CCO)C(=O)O. The van der Waals surface area contributed by atoms with E-state index in [2.05, 4.69) is 17.6 Å². The molecule has 0 aromatic rings. The van der Waals surface area contributed by atoms with E-state index in [-0.39, 0.29) is 13.0 Å². The van der Waals surface area contributed by atoms with E-state index in [9.17, 15) is 9.59 Å². The number of aliphatic carboxylic acids is 1. The van der Waals surface area contributed by atoms with Gasteiger partial charge in [0.05, 0.1) is 0 Å². The maximum Gasteiger partial charge on any atom is 0.326 e. The molecule has 6 heteroatoms. The first-order valence-electron chi connectivity index (χ1n) is 7.99.